The van der Waals surface area contributed by atoms with E-state index in [0.717, 1.165) is 24.2 Å². The van der Waals surface area contributed by atoms with Crippen molar-refractivity contribution in [3.8, 4) is 0 Å². The predicted molar refractivity (Wildman–Crippen MR) is 79.9 cm³/mol. The largest absolute Gasteiger partial charge is 0.357 e. The minimum atomic E-state index is -0.388. The average molecular weight is 296 g/mol. The first-order chi connectivity index (χ1) is 10.7. The van der Waals surface area contributed by atoms with Crippen molar-refractivity contribution in [2.24, 2.45) is 0 Å². The monoisotopic (exact) mass is 296 g/mol. The Morgan fingerprint density at radius 3 is 3.05 bits per heavy atom. The number of nitrogens with zero attached hydrogens (tertiary/aromatic N) is 5. The van der Waals surface area contributed by atoms with Gasteiger partial charge in [-0.25, -0.2) is 4.68 Å². The summed E-state index contributed by atoms with van der Waals surface area (Å²) in [4.78, 5) is 17.9. The molecule has 0 unspecified atom stereocenters. The molecule has 3 aromatic rings. The van der Waals surface area contributed by atoms with Gasteiger partial charge in [-0.15, -0.1) is 5.10 Å². The van der Waals surface area contributed by atoms with E-state index in [2.05, 4.69) is 32.6 Å². The Hall–Kier alpha value is -2.70. The minimum absolute atomic E-state index is 0.0385. The third kappa shape index (κ3) is 1.97. The molecule has 7 nitrogen and oxygen atoms in total. The number of carbonyl (C=O) groups excluding carboxylic acids is 1. The van der Waals surface area contributed by atoms with Gasteiger partial charge in [0.05, 0.1) is 6.54 Å². The summed E-state index contributed by atoms with van der Waals surface area (Å²) in [5, 5.41) is 12.3. The van der Waals surface area contributed by atoms with Crippen molar-refractivity contribution in [1.29, 1.82) is 0 Å². The number of H-pyrrole nitrogens is 1. The molecule has 112 valence electrons. The molecular formula is C15H16N6O. The Balaban J connectivity index is 1.60. The van der Waals surface area contributed by atoms with E-state index in [-0.39, 0.29) is 11.9 Å². The van der Waals surface area contributed by atoms with Crippen LogP contribution in [0, 0.1) is 0 Å². The van der Waals surface area contributed by atoms with Crippen molar-refractivity contribution >= 4 is 16.8 Å². The van der Waals surface area contributed by atoms with Crippen LogP contribution in [0.4, 0.5) is 0 Å². The molecule has 0 bridgehead atoms. The van der Waals surface area contributed by atoms with Crippen LogP contribution in [0.15, 0.2) is 30.6 Å². The maximum atomic E-state index is 12.6. The van der Waals surface area contributed by atoms with Gasteiger partial charge in [0.25, 0.3) is 0 Å². The first-order valence-electron chi connectivity index (χ1n) is 7.34. The molecule has 1 amide bonds. The molecule has 1 aromatic carbocycles. The molecule has 3 heterocycles. The van der Waals surface area contributed by atoms with Crippen molar-refractivity contribution in [2.75, 3.05) is 6.54 Å². The molecule has 22 heavy (non-hydrogen) atoms. The second kappa shape index (κ2) is 4.94. The van der Waals surface area contributed by atoms with E-state index in [1.54, 1.807) is 0 Å². The lowest BCUT2D eigenvalue weighted by Crippen LogP contribution is -2.39. The van der Waals surface area contributed by atoms with Gasteiger partial charge in [0.2, 0.25) is 5.91 Å². The zero-order chi connectivity index (χ0) is 15.1. The normalized spacial score (nSPS) is 15.8. The summed E-state index contributed by atoms with van der Waals surface area (Å²) in [6.07, 6.45) is 2.34. The van der Waals surface area contributed by atoms with Gasteiger partial charge in [-0.05, 0) is 35.4 Å². The highest BCUT2D eigenvalue weighted by Crippen LogP contribution is 2.28. The van der Waals surface area contributed by atoms with E-state index < -0.39 is 0 Å². The average Bonchev–Trinajstić information content (AvgIpc) is 3.20. The Labute approximate surface area is 126 Å². The predicted octanol–water partition coefficient (Wildman–Crippen LogP) is 1.30. The van der Waals surface area contributed by atoms with Crippen molar-refractivity contribution in [3.63, 3.8) is 0 Å². The molecule has 1 aliphatic heterocycles. The summed E-state index contributed by atoms with van der Waals surface area (Å²) < 4.78 is 1.49. The zero-order valence-corrected chi connectivity index (χ0v) is 12.2. The topological polar surface area (TPSA) is 79.7 Å². The summed E-state index contributed by atoms with van der Waals surface area (Å²) in [6.45, 7) is 3.15. The van der Waals surface area contributed by atoms with E-state index in [0.29, 0.717) is 6.54 Å². The van der Waals surface area contributed by atoms with Crippen LogP contribution in [0.3, 0.4) is 0 Å². The van der Waals surface area contributed by atoms with Crippen molar-refractivity contribution in [3.05, 3.63) is 41.9 Å². The van der Waals surface area contributed by atoms with Crippen molar-refractivity contribution in [1.82, 2.24) is 30.1 Å². The van der Waals surface area contributed by atoms with Crippen LogP contribution in [-0.2, 0) is 17.8 Å². The number of tetrazole rings is 1. The summed E-state index contributed by atoms with van der Waals surface area (Å²) in [5.74, 6) is 0.0385. The van der Waals surface area contributed by atoms with E-state index in [4.69, 9.17) is 0 Å². The lowest BCUT2D eigenvalue weighted by Gasteiger charge is -2.29. The first kappa shape index (κ1) is 13.0. The number of nitrogens with one attached hydrogen (secondary N) is 1. The summed E-state index contributed by atoms with van der Waals surface area (Å²) in [5.41, 5.74) is 3.59. The molecule has 0 spiro atoms. The summed E-state index contributed by atoms with van der Waals surface area (Å²) in [7, 11) is 0. The number of aromatic amines is 1. The number of amides is 1. The fourth-order valence-corrected chi connectivity index (χ4v) is 3.10. The standard InChI is InChI=1S/C15H16N6O/c1-10(21-9-16-18-19-21)15(22)20-7-6-12-11-4-2-3-5-13(11)17-14(12)8-20/h2-5,9-10,17H,6-8H2,1H3/t10-/m0/s1. The highest BCUT2D eigenvalue weighted by atomic mass is 16.2. The lowest BCUT2D eigenvalue weighted by molar-refractivity contribution is -0.135. The molecule has 1 atom stereocenters. The van der Waals surface area contributed by atoms with Gasteiger partial charge in [0, 0.05) is 23.1 Å². The van der Waals surface area contributed by atoms with Crippen LogP contribution in [0.25, 0.3) is 10.9 Å². The fourth-order valence-electron chi connectivity index (χ4n) is 3.10. The first-order valence-corrected chi connectivity index (χ1v) is 7.34. The Kier molecular flexibility index (Phi) is 2.92. The van der Waals surface area contributed by atoms with Crippen LogP contribution in [-0.4, -0.2) is 42.5 Å². The molecule has 7 heteroatoms. The molecule has 4 rings (SSSR count). The van der Waals surface area contributed by atoms with E-state index >= 15 is 0 Å². The highest BCUT2D eigenvalue weighted by Gasteiger charge is 2.28. The van der Waals surface area contributed by atoms with Gasteiger partial charge in [0.15, 0.2) is 0 Å². The molecular weight excluding hydrogens is 280 g/mol. The van der Waals surface area contributed by atoms with Gasteiger partial charge in [0.1, 0.15) is 12.4 Å². The van der Waals surface area contributed by atoms with Crippen LogP contribution < -0.4 is 0 Å². The van der Waals surface area contributed by atoms with Crippen LogP contribution in [0.1, 0.15) is 24.2 Å². The molecule has 0 radical (unpaired) electrons. The summed E-state index contributed by atoms with van der Waals surface area (Å²) >= 11 is 0. The third-order valence-electron chi connectivity index (χ3n) is 4.31. The van der Waals surface area contributed by atoms with Crippen LogP contribution in [0.2, 0.25) is 0 Å². The van der Waals surface area contributed by atoms with Gasteiger partial charge >= 0.3 is 0 Å². The number of para-hydroxylation sites is 1. The van der Waals surface area contributed by atoms with E-state index in [1.165, 1.54) is 22.0 Å². The zero-order valence-electron chi connectivity index (χ0n) is 12.2. The smallest absolute Gasteiger partial charge is 0.247 e. The van der Waals surface area contributed by atoms with Gasteiger partial charge in [-0.3, -0.25) is 4.79 Å². The molecule has 1 N–H and O–H groups in total. The SMILES string of the molecule is C[C@@H](C(=O)N1CCc2c([nH]c3ccccc23)C1)n1cnnn1. The molecule has 0 aliphatic carbocycles. The highest BCUT2D eigenvalue weighted by molar-refractivity contribution is 5.86. The second-order valence-corrected chi connectivity index (χ2v) is 5.60. The van der Waals surface area contributed by atoms with Crippen molar-refractivity contribution < 1.29 is 4.79 Å². The van der Waals surface area contributed by atoms with Gasteiger partial charge in [-0.1, -0.05) is 18.2 Å². The minimum Gasteiger partial charge on any atom is -0.357 e. The lowest BCUT2D eigenvalue weighted by atomic mass is 10.0. The van der Waals surface area contributed by atoms with E-state index in [1.807, 2.05) is 24.0 Å². The van der Waals surface area contributed by atoms with Gasteiger partial charge < -0.3 is 9.88 Å². The maximum Gasteiger partial charge on any atom is 0.247 e. The second-order valence-electron chi connectivity index (χ2n) is 5.60. The number of benzene rings is 1. The number of fused-ring (bicyclic) bond motifs is 3. The molecule has 1 aliphatic rings. The molecule has 0 saturated heterocycles. The maximum absolute atomic E-state index is 12.6. The molecule has 0 fully saturated rings. The van der Waals surface area contributed by atoms with Crippen LogP contribution >= 0.6 is 0 Å². The number of aromatic nitrogens is 5. The molecule has 0 saturated carbocycles. The molecule has 2 aromatic heterocycles. The van der Waals surface area contributed by atoms with Crippen LogP contribution in [0.5, 0.6) is 0 Å². The Morgan fingerprint density at radius 2 is 2.23 bits per heavy atom. The quantitative estimate of drug-likeness (QED) is 0.773. The number of hydrogen-bond donors (Lipinski definition) is 1. The Bertz CT molecular complexity index is 822. The third-order valence-corrected chi connectivity index (χ3v) is 4.31. The number of rotatable bonds is 2. The van der Waals surface area contributed by atoms with E-state index in [9.17, 15) is 4.79 Å². The fraction of sp³-hybridized carbons (Fsp3) is 0.333. The number of carbonyl (C=O) groups is 1. The number of hydrogen-bond acceptors (Lipinski definition) is 4. The van der Waals surface area contributed by atoms with Crippen molar-refractivity contribution in [2.45, 2.75) is 25.9 Å². The summed E-state index contributed by atoms with van der Waals surface area (Å²) in [6, 6.07) is 7.89. The Morgan fingerprint density at radius 1 is 1.36 bits per heavy atom. The van der Waals surface area contributed by atoms with Gasteiger partial charge in [-0.2, -0.15) is 0 Å².